The first-order valence-electron chi connectivity index (χ1n) is 10.9. The van der Waals surface area contributed by atoms with Gasteiger partial charge in [0.1, 0.15) is 11.6 Å². The van der Waals surface area contributed by atoms with Gasteiger partial charge in [0.25, 0.3) is 5.91 Å². The molecule has 0 spiro atoms. The topological polar surface area (TPSA) is 88.5 Å². The Balaban J connectivity index is 1.48. The first-order valence-corrected chi connectivity index (χ1v) is 10.9. The van der Waals surface area contributed by atoms with E-state index < -0.39 is 0 Å². The summed E-state index contributed by atoms with van der Waals surface area (Å²) < 4.78 is 5.64. The number of nitrogens with zero attached hydrogens (tertiary/aromatic N) is 3. The van der Waals surface area contributed by atoms with Gasteiger partial charge in [-0.15, -0.1) is 0 Å². The number of aromatic nitrogens is 2. The number of para-hydroxylation sites is 1. The van der Waals surface area contributed by atoms with Crippen LogP contribution in [0.3, 0.4) is 0 Å². The van der Waals surface area contributed by atoms with Crippen molar-refractivity contribution in [3.8, 4) is 17.1 Å². The predicted octanol–water partition coefficient (Wildman–Crippen LogP) is 4.49. The molecule has 1 aliphatic rings. The SMILES string of the molecule is CCNC(=O)COc1cccc(-c2nc(Nc3ccc4c(c3)C=NC4)c3ccccc3n2)c1. The Morgan fingerprint density at radius 1 is 1.03 bits per heavy atom. The van der Waals surface area contributed by atoms with E-state index in [4.69, 9.17) is 14.7 Å². The van der Waals surface area contributed by atoms with Crippen LogP contribution in [0.25, 0.3) is 22.3 Å². The van der Waals surface area contributed by atoms with Crippen molar-refractivity contribution in [2.45, 2.75) is 13.5 Å². The summed E-state index contributed by atoms with van der Waals surface area (Å²) in [6, 6.07) is 21.6. The van der Waals surface area contributed by atoms with E-state index in [-0.39, 0.29) is 12.5 Å². The molecule has 2 heterocycles. The number of nitrogens with one attached hydrogen (secondary N) is 2. The third-order valence-corrected chi connectivity index (χ3v) is 5.34. The van der Waals surface area contributed by atoms with Crippen LogP contribution in [-0.2, 0) is 11.3 Å². The highest BCUT2D eigenvalue weighted by Gasteiger charge is 2.12. The maximum Gasteiger partial charge on any atom is 0.257 e. The lowest BCUT2D eigenvalue weighted by Gasteiger charge is -2.12. The van der Waals surface area contributed by atoms with Crippen molar-refractivity contribution in [1.82, 2.24) is 15.3 Å². The molecule has 0 aliphatic carbocycles. The van der Waals surface area contributed by atoms with Gasteiger partial charge >= 0.3 is 0 Å². The second-order valence-electron chi connectivity index (χ2n) is 7.69. The third-order valence-electron chi connectivity index (χ3n) is 5.34. The van der Waals surface area contributed by atoms with Crippen molar-refractivity contribution in [3.63, 3.8) is 0 Å². The Kier molecular flexibility index (Phi) is 5.68. The van der Waals surface area contributed by atoms with Gasteiger partial charge in [-0.1, -0.05) is 30.3 Å². The number of carbonyl (C=O) groups is 1. The smallest absolute Gasteiger partial charge is 0.257 e. The molecule has 1 aliphatic heterocycles. The van der Waals surface area contributed by atoms with Crippen molar-refractivity contribution in [2.24, 2.45) is 4.99 Å². The number of likely N-dealkylation sites (N-methyl/N-ethyl adjacent to an activating group) is 1. The lowest BCUT2D eigenvalue weighted by Crippen LogP contribution is -2.28. The molecule has 7 heteroatoms. The number of fused-ring (bicyclic) bond motifs is 2. The molecule has 0 fully saturated rings. The number of hydrogen-bond donors (Lipinski definition) is 2. The summed E-state index contributed by atoms with van der Waals surface area (Å²) in [5.74, 6) is 1.72. The Morgan fingerprint density at radius 3 is 2.85 bits per heavy atom. The van der Waals surface area contributed by atoms with Crippen LogP contribution in [0, 0.1) is 0 Å². The zero-order valence-corrected chi connectivity index (χ0v) is 18.2. The fourth-order valence-corrected chi connectivity index (χ4v) is 3.74. The van der Waals surface area contributed by atoms with Crippen LogP contribution in [0.1, 0.15) is 18.1 Å². The zero-order valence-electron chi connectivity index (χ0n) is 18.2. The van der Waals surface area contributed by atoms with Gasteiger partial charge in [0, 0.05) is 29.4 Å². The van der Waals surface area contributed by atoms with E-state index in [1.54, 1.807) is 0 Å². The molecular weight excluding hydrogens is 414 g/mol. The highest BCUT2D eigenvalue weighted by molar-refractivity contribution is 5.93. The molecule has 33 heavy (non-hydrogen) atoms. The maximum atomic E-state index is 11.7. The van der Waals surface area contributed by atoms with Gasteiger partial charge < -0.3 is 15.4 Å². The van der Waals surface area contributed by atoms with Crippen LogP contribution >= 0.6 is 0 Å². The quantitative estimate of drug-likeness (QED) is 0.445. The number of anilines is 2. The van der Waals surface area contributed by atoms with E-state index in [0.717, 1.165) is 40.1 Å². The summed E-state index contributed by atoms with van der Waals surface area (Å²) >= 11 is 0. The van der Waals surface area contributed by atoms with Crippen molar-refractivity contribution in [2.75, 3.05) is 18.5 Å². The summed E-state index contributed by atoms with van der Waals surface area (Å²) in [6.07, 6.45) is 1.90. The molecule has 1 amide bonds. The largest absolute Gasteiger partial charge is 0.484 e. The molecule has 0 radical (unpaired) electrons. The number of aliphatic imine (C=N–C) groups is 1. The number of amides is 1. The van der Waals surface area contributed by atoms with Crippen LogP contribution in [-0.4, -0.2) is 35.2 Å². The Bertz CT molecular complexity index is 1370. The van der Waals surface area contributed by atoms with Gasteiger partial charge in [-0.2, -0.15) is 0 Å². The average molecular weight is 438 g/mol. The fourth-order valence-electron chi connectivity index (χ4n) is 3.74. The van der Waals surface area contributed by atoms with Gasteiger partial charge in [-0.3, -0.25) is 9.79 Å². The zero-order chi connectivity index (χ0) is 22.6. The summed E-state index contributed by atoms with van der Waals surface area (Å²) in [6.45, 7) is 3.14. The predicted molar refractivity (Wildman–Crippen MR) is 130 cm³/mol. The van der Waals surface area contributed by atoms with E-state index >= 15 is 0 Å². The second kappa shape index (κ2) is 9.08. The minimum atomic E-state index is -0.157. The van der Waals surface area contributed by atoms with Crippen LogP contribution in [0.4, 0.5) is 11.5 Å². The van der Waals surface area contributed by atoms with Crippen LogP contribution in [0.15, 0.2) is 71.7 Å². The third kappa shape index (κ3) is 4.52. The van der Waals surface area contributed by atoms with Crippen molar-refractivity contribution < 1.29 is 9.53 Å². The molecule has 2 N–H and O–H groups in total. The van der Waals surface area contributed by atoms with E-state index in [2.05, 4.69) is 27.8 Å². The maximum absolute atomic E-state index is 11.7. The molecule has 5 rings (SSSR count). The summed E-state index contributed by atoms with van der Waals surface area (Å²) in [5.41, 5.74) is 4.92. The Hall–Kier alpha value is -4.26. The van der Waals surface area contributed by atoms with Gasteiger partial charge in [0.15, 0.2) is 12.4 Å². The molecule has 0 unspecified atom stereocenters. The standard InChI is InChI=1S/C26H23N5O2/c1-2-28-24(32)16-33-21-7-5-6-17(13-21)25-30-23-9-4-3-8-22(23)26(31-25)29-20-11-10-18-14-27-15-19(18)12-20/h3-13,15H,2,14,16H2,1H3,(H,28,32)(H,29,30,31). The van der Waals surface area contributed by atoms with Crippen molar-refractivity contribution in [1.29, 1.82) is 0 Å². The molecule has 1 aromatic heterocycles. The first kappa shape index (κ1) is 20.6. The first-order chi connectivity index (χ1) is 16.2. The van der Waals surface area contributed by atoms with Crippen LogP contribution in [0.2, 0.25) is 0 Å². The molecule has 0 saturated heterocycles. The summed E-state index contributed by atoms with van der Waals surface area (Å²) in [4.78, 5) is 25.7. The second-order valence-corrected chi connectivity index (χ2v) is 7.69. The Labute approximate surface area is 191 Å². The summed E-state index contributed by atoms with van der Waals surface area (Å²) in [7, 11) is 0. The van der Waals surface area contributed by atoms with Gasteiger partial charge in [0.2, 0.25) is 0 Å². The lowest BCUT2D eigenvalue weighted by molar-refractivity contribution is -0.122. The average Bonchev–Trinajstić information content (AvgIpc) is 3.31. The van der Waals surface area contributed by atoms with Crippen LogP contribution in [0.5, 0.6) is 5.75 Å². The van der Waals surface area contributed by atoms with Gasteiger partial charge in [0.05, 0.1) is 12.1 Å². The van der Waals surface area contributed by atoms with Crippen molar-refractivity contribution >= 4 is 34.5 Å². The number of benzene rings is 3. The molecule has 0 bridgehead atoms. The minimum Gasteiger partial charge on any atom is -0.484 e. The van der Waals surface area contributed by atoms with E-state index in [9.17, 15) is 4.79 Å². The normalized spacial score (nSPS) is 11.9. The Morgan fingerprint density at radius 2 is 1.94 bits per heavy atom. The summed E-state index contributed by atoms with van der Waals surface area (Å²) in [5, 5.41) is 7.11. The van der Waals surface area contributed by atoms with Gasteiger partial charge in [-0.05, 0) is 54.4 Å². The molecule has 0 atom stereocenters. The molecule has 3 aromatic carbocycles. The van der Waals surface area contributed by atoms with Gasteiger partial charge in [-0.25, -0.2) is 9.97 Å². The van der Waals surface area contributed by atoms with E-state index in [0.29, 0.717) is 18.1 Å². The monoisotopic (exact) mass is 437 g/mol. The number of rotatable bonds is 7. The minimum absolute atomic E-state index is 0.0374. The van der Waals surface area contributed by atoms with E-state index in [1.165, 1.54) is 5.56 Å². The molecular formula is C26H23N5O2. The highest BCUT2D eigenvalue weighted by Crippen LogP contribution is 2.29. The fraction of sp³-hybridized carbons (Fsp3) is 0.154. The molecule has 0 saturated carbocycles. The van der Waals surface area contributed by atoms with Crippen molar-refractivity contribution in [3.05, 3.63) is 77.9 Å². The highest BCUT2D eigenvalue weighted by atomic mass is 16.5. The number of ether oxygens (including phenoxy) is 1. The molecule has 7 nitrogen and oxygen atoms in total. The lowest BCUT2D eigenvalue weighted by atomic mass is 10.1. The van der Waals surface area contributed by atoms with Crippen LogP contribution < -0.4 is 15.4 Å². The number of carbonyl (C=O) groups excluding carboxylic acids is 1. The number of hydrogen-bond acceptors (Lipinski definition) is 6. The van der Waals surface area contributed by atoms with E-state index in [1.807, 2.05) is 67.7 Å². The molecule has 4 aromatic rings. The molecule has 164 valence electrons.